The van der Waals surface area contributed by atoms with Crippen LogP contribution in [-0.2, 0) is 9.59 Å². The number of hydrogen-bond acceptors (Lipinski definition) is 2. The van der Waals surface area contributed by atoms with Crippen LogP contribution in [0.3, 0.4) is 0 Å². The van der Waals surface area contributed by atoms with E-state index in [1.165, 1.54) is 0 Å². The number of aliphatic carboxylic acids is 1. The number of rotatable bonds is 3. The highest BCUT2D eigenvalue weighted by molar-refractivity contribution is 5.95. The molecule has 1 aliphatic carbocycles. The molecule has 2 atom stereocenters. The predicted molar refractivity (Wildman–Crippen MR) is 77.5 cm³/mol. The van der Waals surface area contributed by atoms with Crippen molar-refractivity contribution in [3.8, 4) is 0 Å². The molecular weight excluding hydrogens is 254 g/mol. The van der Waals surface area contributed by atoms with Crippen molar-refractivity contribution in [2.75, 3.05) is 5.32 Å². The van der Waals surface area contributed by atoms with Gasteiger partial charge >= 0.3 is 5.97 Å². The summed E-state index contributed by atoms with van der Waals surface area (Å²) < 4.78 is 0. The second-order valence-electron chi connectivity index (χ2n) is 5.28. The van der Waals surface area contributed by atoms with Gasteiger partial charge < -0.3 is 10.4 Å². The highest BCUT2D eigenvalue weighted by Crippen LogP contribution is 2.27. The smallest absolute Gasteiger partial charge is 0.307 e. The number of anilines is 1. The van der Waals surface area contributed by atoms with Gasteiger partial charge in [0.2, 0.25) is 5.91 Å². The van der Waals surface area contributed by atoms with E-state index < -0.39 is 17.8 Å². The van der Waals surface area contributed by atoms with Crippen molar-refractivity contribution < 1.29 is 14.7 Å². The molecule has 0 bridgehead atoms. The average molecular weight is 273 g/mol. The van der Waals surface area contributed by atoms with Crippen molar-refractivity contribution >= 4 is 17.6 Å². The maximum absolute atomic E-state index is 12.3. The Labute approximate surface area is 118 Å². The van der Waals surface area contributed by atoms with Crippen LogP contribution in [0.4, 0.5) is 5.69 Å². The lowest BCUT2D eigenvalue weighted by molar-refractivity contribution is -0.146. The minimum atomic E-state index is -0.908. The summed E-state index contributed by atoms with van der Waals surface area (Å²) in [5.74, 6) is -2.26. The van der Waals surface area contributed by atoms with E-state index in [4.69, 9.17) is 0 Å². The molecule has 4 heteroatoms. The van der Waals surface area contributed by atoms with E-state index in [1.807, 2.05) is 44.2 Å². The number of benzene rings is 1. The summed E-state index contributed by atoms with van der Waals surface area (Å²) in [6, 6.07) is 5.69. The first kappa shape index (κ1) is 14.3. The molecule has 0 aromatic heterocycles. The third-order valence-electron chi connectivity index (χ3n) is 3.86. The lowest BCUT2D eigenvalue weighted by atomic mass is 9.82. The van der Waals surface area contributed by atoms with E-state index in [0.29, 0.717) is 12.8 Å². The Morgan fingerprint density at radius 3 is 2.35 bits per heavy atom. The maximum atomic E-state index is 12.3. The van der Waals surface area contributed by atoms with Gasteiger partial charge in [-0.05, 0) is 49.9 Å². The molecule has 20 heavy (non-hydrogen) atoms. The van der Waals surface area contributed by atoms with E-state index >= 15 is 0 Å². The molecular formula is C16H19NO3. The zero-order valence-corrected chi connectivity index (χ0v) is 11.7. The topological polar surface area (TPSA) is 66.4 Å². The van der Waals surface area contributed by atoms with Gasteiger partial charge in [0.25, 0.3) is 0 Å². The SMILES string of the molecule is Cc1ccc(NC(=O)[C@H]2CC=CC[C@@H]2C(=O)O)cc1C. The van der Waals surface area contributed by atoms with Gasteiger partial charge in [0.05, 0.1) is 11.8 Å². The van der Waals surface area contributed by atoms with Crippen LogP contribution in [0.5, 0.6) is 0 Å². The summed E-state index contributed by atoms with van der Waals surface area (Å²) >= 11 is 0. The first-order chi connectivity index (χ1) is 9.49. The molecule has 0 unspecified atom stereocenters. The summed E-state index contributed by atoms with van der Waals surface area (Å²) in [6.45, 7) is 3.99. The number of allylic oxidation sites excluding steroid dienone is 2. The molecule has 1 amide bonds. The Balaban J connectivity index is 2.12. The Hall–Kier alpha value is -2.10. The molecule has 4 nitrogen and oxygen atoms in total. The van der Waals surface area contributed by atoms with Crippen LogP contribution in [0.25, 0.3) is 0 Å². The van der Waals surface area contributed by atoms with Crippen molar-refractivity contribution in [1.82, 2.24) is 0 Å². The monoisotopic (exact) mass is 273 g/mol. The normalized spacial score (nSPS) is 21.5. The lowest BCUT2D eigenvalue weighted by Gasteiger charge is -2.24. The molecule has 0 saturated heterocycles. The van der Waals surface area contributed by atoms with Crippen LogP contribution in [0.15, 0.2) is 30.4 Å². The highest BCUT2D eigenvalue weighted by Gasteiger charge is 2.33. The quantitative estimate of drug-likeness (QED) is 0.832. The Morgan fingerprint density at radius 2 is 1.75 bits per heavy atom. The van der Waals surface area contributed by atoms with Crippen molar-refractivity contribution in [1.29, 1.82) is 0 Å². The van der Waals surface area contributed by atoms with Gasteiger partial charge in [-0.25, -0.2) is 0 Å². The number of carboxylic acids is 1. The van der Waals surface area contributed by atoms with E-state index in [1.54, 1.807) is 0 Å². The molecule has 0 aliphatic heterocycles. The van der Waals surface area contributed by atoms with Gasteiger partial charge in [0.15, 0.2) is 0 Å². The summed E-state index contributed by atoms with van der Waals surface area (Å²) in [6.07, 6.45) is 4.61. The van der Waals surface area contributed by atoms with Crippen LogP contribution in [0.2, 0.25) is 0 Å². The summed E-state index contributed by atoms with van der Waals surface area (Å²) in [4.78, 5) is 23.5. The Morgan fingerprint density at radius 1 is 1.10 bits per heavy atom. The van der Waals surface area contributed by atoms with Crippen LogP contribution in [0, 0.1) is 25.7 Å². The van der Waals surface area contributed by atoms with Crippen molar-refractivity contribution in [2.45, 2.75) is 26.7 Å². The van der Waals surface area contributed by atoms with E-state index in [9.17, 15) is 14.7 Å². The van der Waals surface area contributed by atoms with Gasteiger partial charge in [0, 0.05) is 5.69 Å². The fourth-order valence-corrected chi connectivity index (χ4v) is 2.43. The zero-order valence-electron chi connectivity index (χ0n) is 11.7. The van der Waals surface area contributed by atoms with Gasteiger partial charge in [-0.3, -0.25) is 9.59 Å². The fourth-order valence-electron chi connectivity index (χ4n) is 2.43. The van der Waals surface area contributed by atoms with E-state index in [-0.39, 0.29) is 5.91 Å². The van der Waals surface area contributed by atoms with E-state index in [0.717, 1.165) is 16.8 Å². The molecule has 0 radical (unpaired) electrons. The van der Waals surface area contributed by atoms with Gasteiger partial charge in [-0.2, -0.15) is 0 Å². The summed E-state index contributed by atoms with van der Waals surface area (Å²) in [5, 5.41) is 12.0. The largest absolute Gasteiger partial charge is 0.481 e. The van der Waals surface area contributed by atoms with Crippen LogP contribution in [-0.4, -0.2) is 17.0 Å². The summed E-state index contributed by atoms with van der Waals surface area (Å²) in [5.41, 5.74) is 2.98. The molecule has 1 aromatic carbocycles. The van der Waals surface area contributed by atoms with Crippen molar-refractivity contribution in [2.24, 2.45) is 11.8 Å². The first-order valence-corrected chi connectivity index (χ1v) is 6.75. The minimum Gasteiger partial charge on any atom is -0.481 e. The molecule has 1 aromatic rings. The summed E-state index contributed by atoms with van der Waals surface area (Å²) in [7, 11) is 0. The minimum absolute atomic E-state index is 0.218. The van der Waals surface area contributed by atoms with Crippen LogP contribution >= 0.6 is 0 Å². The number of amides is 1. The zero-order chi connectivity index (χ0) is 14.7. The fraction of sp³-hybridized carbons (Fsp3) is 0.375. The number of aryl methyl sites for hydroxylation is 2. The van der Waals surface area contributed by atoms with Crippen LogP contribution < -0.4 is 5.32 Å². The maximum Gasteiger partial charge on any atom is 0.307 e. The standard InChI is InChI=1S/C16H19NO3/c1-10-7-8-12(9-11(10)2)17-15(18)13-5-3-4-6-14(13)16(19)20/h3-4,7-9,13-14H,5-6H2,1-2H3,(H,17,18)(H,19,20)/t13-,14-/m0/s1. The number of hydrogen-bond donors (Lipinski definition) is 2. The molecule has 1 aliphatic rings. The number of carbonyl (C=O) groups excluding carboxylic acids is 1. The molecule has 2 rings (SSSR count). The number of carboxylic acid groups (broad SMARTS) is 1. The Bertz CT molecular complexity index is 563. The molecule has 0 spiro atoms. The predicted octanol–water partition coefficient (Wildman–Crippen LogP) is 2.91. The average Bonchev–Trinajstić information content (AvgIpc) is 2.43. The second kappa shape index (κ2) is 5.90. The third-order valence-corrected chi connectivity index (χ3v) is 3.86. The second-order valence-corrected chi connectivity index (χ2v) is 5.28. The molecule has 0 heterocycles. The third kappa shape index (κ3) is 3.07. The first-order valence-electron chi connectivity index (χ1n) is 6.75. The number of carbonyl (C=O) groups is 2. The van der Waals surface area contributed by atoms with Gasteiger partial charge in [-0.1, -0.05) is 18.2 Å². The lowest BCUT2D eigenvalue weighted by Crippen LogP contribution is -2.34. The molecule has 0 saturated carbocycles. The molecule has 0 fully saturated rings. The van der Waals surface area contributed by atoms with Crippen molar-refractivity contribution in [3.05, 3.63) is 41.5 Å². The highest BCUT2D eigenvalue weighted by atomic mass is 16.4. The molecule has 106 valence electrons. The van der Waals surface area contributed by atoms with Crippen LogP contribution in [0.1, 0.15) is 24.0 Å². The number of nitrogens with one attached hydrogen (secondary N) is 1. The van der Waals surface area contributed by atoms with Gasteiger partial charge in [0.1, 0.15) is 0 Å². The van der Waals surface area contributed by atoms with E-state index in [2.05, 4.69) is 5.32 Å². The molecule has 2 N–H and O–H groups in total. The van der Waals surface area contributed by atoms with Crippen molar-refractivity contribution in [3.63, 3.8) is 0 Å². The van der Waals surface area contributed by atoms with Gasteiger partial charge in [-0.15, -0.1) is 0 Å². The Kier molecular flexibility index (Phi) is 4.23.